The fraction of sp³-hybridized carbons (Fsp3) is 0.303. The first-order chi connectivity index (χ1) is 18.5. The van der Waals surface area contributed by atoms with Crippen LogP contribution >= 0.6 is 0 Å². The monoisotopic (exact) mass is 466 g/mol. The zero-order chi connectivity index (χ0) is 29.3. The Bertz CT molecular complexity index is 1730. The number of pyridine rings is 1. The van der Waals surface area contributed by atoms with Crippen LogP contribution in [0.25, 0.3) is 44.3 Å². The van der Waals surface area contributed by atoms with Crippen LogP contribution in [-0.4, -0.2) is 4.98 Å². The summed E-state index contributed by atoms with van der Waals surface area (Å²) >= 11 is 0. The van der Waals surface area contributed by atoms with E-state index in [4.69, 9.17) is 11.3 Å². The van der Waals surface area contributed by atoms with E-state index in [0.29, 0.717) is 28.2 Å². The molecule has 0 N–H and O–H groups in total. The van der Waals surface area contributed by atoms with E-state index in [2.05, 4.69) is 50.0 Å². The molecule has 2 heteroatoms. The van der Waals surface area contributed by atoms with Gasteiger partial charge in [0.05, 0.1) is 5.69 Å². The zero-order valence-electron chi connectivity index (χ0n) is 26.3. The van der Waals surface area contributed by atoms with Crippen LogP contribution in [0, 0.1) is 12.3 Å². The maximum Gasteiger partial charge on any atom is 0.135 e. The predicted octanol–water partition coefficient (Wildman–Crippen LogP) is 9.51. The second kappa shape index (κ2) is 8.37. The molecule has 0 atom stereocenters. The van der Waals surface area contributed by atoms with Crippen LogP contribution in [0.3, 0.4) is 0 Å². The second-order valence-corrected chi connectivity index (χ2v) is 11.3. The van der Waals surface area contributed by atoms with Gasteiger partial charge in [0, 0.05) is 29.6 Å². The Morgan fingerprint density at radius 1 is 0.886 bits per heavy atom. The number of hydrogen-bond donors (Lipinski definition) is 0. The van der Waals surface area contributed by atoms with E-state index in [1.165, 1.54) is 17.1 Å². The van der Waals surface area contributed by atoms with E-state index in [-0.39, 0.29) is 11.0 Å². The Morgan fingerprint density at radius 2 is 1.69 bits per heavy atom. The summed E-state index contributed by atoms with van der Waals surface area (Å²) in [6, 6.07) is 21.4. The van der Waals surface area contributed by atoms with Crippen LogP contribution in [0.1, 0.15) is 65.1 Å². The van der Waals surface area contributed by atoms with Crippen molar-refractivity contribution in [3.05, 3.63) is 89.6 Å². The largest absolute Gasteiger partial charge is 0.456 e. The minimum absolute atomic E-state index is 0.106. The molecule has 0 bridgehead atoms. The molecule has 0 unspecified atom stereocenters. The van der Waals surface area contributed by atoms with Crippen LogP contribution < -0.4 is 0 Å². The molecule has 5 aromatic rings. The second-order valence-electron chi connectivity index (χ2n) is 11.3. The third kappa shape index (κ3) is 4.75. The van der Waals surface area contributed by atoms with Gasteiger partial charge in [-0.1, -0.05) is 77.9 Å². The summed E-state index contributed by atoms with van der Waals surface area (Å²) in [6.07, 6.45) is -0.150. The lowest BCUT2D eigenvalue weighted by atomic mass is 9.82. The zero-order valence-corrected chi connectivity index (χ0v) is 21.3. The van der Waals surface area contributed by atoms with Crippen LogP contribution in [0.4, 0.5) is 0 Å². The summed E-state index contributed by atoms with van der Waals surface area (Å²) in [4.78, 5) is 4.61. The molecule has 35 heavy (non-hydrogen) atoms. The van der Waals surface area contributed by atoms with Crippen LogP contribution in [0.5, 0.6) is 0 Å². The molecule has 0 spiro atoms. The molecule has 3 aromatic carbocycles. The molecule has 0 saturated heterocycles. The molecule has 178 valence electrons. The molecular weight excluding hydrogens is 426 g/mol. The van der Waals surface area contributed by atoms with E-state index < -0.39 is 18.6 Å². The average molecular weight is 467 g/mol. The fourth-order valence-corrected chi connectivity index (χ4v) is 4.57. The highest BCUT2D eigenvalue weighted by Crippen LogP contribution is 2.37. The van der Waals surface area contributed by atoms with Gasteiger partial charge in [-0.2, -0.15) is 0 Å². The quantitative estimate of drug-likeness (QED) is 0.264. The van der Waals surface area contributed by atoms with Crippen molar-refractivity contribution >= 4 is 21.7 Å². The highest BCUT2D eigenvalue weighted by molar-refractivity contribution is 5.91. The van der Waals surface area contributed by atoms with Gasteiger partial charge in [-0.15, -0.1) is 0 Å². The van der Waals surface area contributed by atoms with Crippen molar-refractivity contribution in [2.45, 2.75) is 60.2 Å². The summed E-state index contributed by atoms with van der Waals surface area (Å²) in [5, 5.41) is 3.05. The standard InChI is InChI=1S/C33H35NO/c1-21-20-34-29(25-15-23-10-8-9-11-26(23)28(16-25)33(5,6)7)18-27(21)31-17-24-13-12-22(14-30(24)35-31)19-32(2,3)4/h8-18,20H,19H2,1-7H3/i1D3,19D2. The Labute approximate surface area is 216 Å². The Balaban J connectivity index is 1.70. The first-order valence-corrected chi connectivity index (χ1v) is 12.1. The van der Waals surface area contributed by atoms with E-state index in [0.717, 1.165) is 16.3 Å². The van der Waals surface area contributed by atoms with Crippen molar-refractivity contribution in [1.82, 2.24) is 4.98 Å². The average Bonchev–Trinajstić information content (AvgIpc) is 3.29. The number of nitrogens with zero attached hydrogens (tertiary/aromatic N) is 1. The van der Waals surface area contributed by atoms with Crippen LogP contribution in [0.2, 0.25) is 0 Å². The number of furan rings is 1. The lowest BCUT2D eigenvalue weighted by Crippen LogP contribution is -2.12. The van der Waals surface area contributed by atoms with E-state index in [1.54, 1.807) is 18.2 Å². The smallest absolute Gasteiger partial charge is 0.135 e. The van der Waals surface area contributed by atoms with E-state index in [1.807, 2.05) is 45.0 Å². The molecule has 0 saturated carbocycles. The molecule has 5 rings (SSSR count). The van der Waals surface area contributed by atoms with E-state index in [9.17, 15) is 0 Å². The van der Waals surface area contributed by atoms with Crippen molar-refractivity contribution in [1.29, 1.82) is 0 Å². The Morgan fingerprint density at radius 3 is 2.43 bits per heavy atom. The van der Waals surface area contributed by atoms with Gasteiger partial charge in [0.2, 0.25) is 0 Å². The normalized spacial score (nSPS) is 15.4. The SMILES string of the molecule is [2H]C([2H])([2H])c1cnc(-c2cc(C(C)(C)C)c3ccccc3c2)cc1-c1cc2ccc(C([2H])([2H])C(C)(C)C)cc2o1. The van der Waals surface area contributed by atoms with Gasteiger partial charge in [-0.3, -0.25) is 4.98 Å². The summed E-state index contributed by atoms with van der Waals surface area (Å²) in [5.74, 6) is 0.412. The van der Waals surface area contributed by atoms with Gasteiger partial charge < -0.3 is 4.42 Å². The minimum Gasteiger partial charge on any atom is -0.456 e. The molecule has 0 aliphatic rings. The van der Waals surface area contributed by atoms with Gasteiger partial charge in [0.25, 0.3) is 0 Å². The minimum atomic E-state index is -2.39. The highest BCUT2D eigenvalue weighted by Gasteiger charge is 2.19. The first kappa shape index (κ1) is 18.0. The number of rotatable bonds is 3. The van der Waals surface area contributed by atoms with Crippen molar-refractivity contribution in [3.8, 4) is 22.6 Å². The van der Waals surface area contributed by atoms with Crippen molar-refractivity contribution in [2.75, 3.05) is 0 Å². The number of hydrogen-bond acceptors (Lipinski definition) is 2. The number of aromatic nitrogens is 1. The third-order valence-electron chi connectivity index (χ3n) is 6.17. The first-order valence-electron chi connectivity index (χ1n) is 14.6. The number of aryl methyl sites for hydroxylation is 1. The lowest BCUT2D eigenvalue weighted by Gasteiger charge is -2.23. The van der Waals surface area contributed by atoms with Gasteiger partial charge in [-0.05, 0) is 81.8 Å². The Hall–Kier alpha value is -3.39. The Kier molecular flexibility index (Phi) is 4.30. The summed E-state index contributed by atoms with van der Waals surface area (Å²) in [7, 11) is 0. The molecule has 2 heterocycles. The van der Waals surface area contributed by atoms with Gasteiger partial charge in [0.1, 0.15) is 11.3 Å². The van der Waals surface area contributed by atoms with Crippen LogP contribution in [-0.2, 0) is 11.8 Å². The summed E-state index contributed by atoms with van der Waals surface area (Å²) in [6.45, 7) is 9.74. The van der Waals surface area contributed by atoms with Gasteiger partial charge in [0.15, 0.2) is 0 Å². The summed E-state index contributed by atoms with van der Waals surface area (Å²) < 4.78 is 48.1. The summed E-state index contributed by atoms with van der Waals surface area (Å²) in [5.41, 5.74) is 3.62. The predicted molar refractivity (Wildman–Crippen MR) is 149 cm³/mol. The maximum atomic E-state index is 8.67. The van der Waals surface area contributed by atoms with Gasteiger partial charge in [-0.25, -0.2) is 0 Å². The highest BCUT2D eigenvalue weighted by atomic mass is 16.3. The molecule has 0 amide bonds. The molecule has 0 fully saturated rings. The molecule has 0 aliphatic carbocycles. The van der Waals surface area contributed by atoms with Crippen molar-refractivity contribution in [2.24, 2.45) is 5.41 Å². The number of benzene rings is 3. The molecule has 0 radical (unpaired) electrons. The fourth-order valence-electron chi connectivity index (χ4n) is 4.57. The van der Waals surface area contributed by atoms with Crippen molar-refractivity contribution < 1.29 is 11.3 Å². The number of fused-ring (bicyclic) bond motifs is 2. The lowest BCUT2D eigenvalue weighted by molar-refractivity contribution is 0.411. The molecule has 2 nitrogen and oxygen atoms in total. The molecule has 2 aromatic heterocycles. The van der Waals surface area contributed by atoms with Crippen LogP contribution in [0.15, 0.2) is 77.3 Å². The van der Waals surface area contributed by atoms with E-state index >= 15 is 0 Å². The topological polar surface area (TPSA) is 26.0 Å². The molecule has 0 aliphatic heterocycles. The van der Waals surface area contributed by atoms with Crippen molar-refractivity contribution in [3.63, 3.8) is 0 Å². The third-order valence-corrected chi connectivity index (χ3v) is 6.17. The van der Waals surface area contributed by atoms with Gasteiger partial charge >= 0.3 is 0 Å². The maximum absolute atomic E-state index is 8.67. The molecular formula is C33H35NO.